The van der Waals surface area contributed by atoms with Gasteiger partial charge in [0.05, 0.1) is 11.1 Å². The smallest absolute Gasteiger partial charge is 0.261 e. The van der Waals surface area contributed by atoms with Gasteiger partial charge in [0.2, 0.25) is 5.91 Å². The van der Waals surface area contributed by atoms with E-state index in [1.807, 2.05) is 6.07 Å². The minimum Gasteiger partial charge on any atom is -0.369 e. The van der Waals surface area contributed by atoms with Crippen molar-refractivity contribution in [3.8, 4) is 0 Å². The van der Waals surface area contributed by atoms with Crippen molar-refractivity contribution < 1.29 is 14.4 Å². The molecule has 0 aliphatic carbocycles. The predicted molar refractivity (Wildman–Crippen MR) is 106 cm³/mol. The van der Waals surface area contributed by atoms with Gasteiger partial charge in [0, 0.05) is 38.3 Å². The number of hydrogen-bond acceptors (Lipinski definition) is 4. The highest BCUT2D eigenvalue weighted by molar-refractivity contribution is 6.21. The summed E-state index contributed by atoms with van der Waals surface area (Å²) in [6.45, 7) is 2.61. The van der Waals surface area contributed by atoms with Crippen LogP contribution >= 0.6 is 0 Å². The van der Waals surface area contributed by atoms with Crippen LogP contribution in [0.15, 0.2) is 48.5 Å². The summed E-state index contributed by atoms with van der Waals surface area (Å²) >= 11 is 0. The van der Waals surface area contributed by atoms with Gasteiger partial charge in [0.1, 0.15) is 0 Å². The Balaban J connectivity index is 1.19. The van der Waals surface area contributed by atoms with Crippen molar-refractivity contribution in [1.29, 1.82) is 0 Å². The Kier molecular flexibility index (Phi) is 5.10. The van der Waals surface area contributed by atoms with E-state index in [1.54, 1.807) is 24.3 Å². The minimum absolute atomic E-state index is 0.0518. The summed E-state index contributed by atoms with van der Waals surface area (Å²) in [7, 11) is 0. The number of carbonyl (C=O) groups is 3. The Labute approximate surface area is 164 Å². The van der Waals surface area contributed by atoms with Crippen LogP contribution in [0.1, 0.15) is 39.1 Å². The molecule has 0 saturated carbocycles. The molecule has 0 atom stereocenters. The van der Waals surface area contributed by atoms with Crippen LogP contribution in [-0.4, -0.2) is 48.8 Å². The molecule has 28 heavy (non-hydrogen) atoms. The second kappa shape index (κ2) is 7.84. The summed E-state index contributed by atoms with van der Waals surface area (Å²) in [5.74, 6) is -0.591. The lowest BCUT2D eigenvalue weighted by atomic mass is 10.1. The van der Waals surface area contributed by atoms with Gasteiger partial charge in [-0.3, -0.25) is 19.3 Å². The molecule has 2 aromatic rings. The molecule has 0 spiro atoms. The summed E-state index contributed by atoms with van der Waals surface area (Å²) < 4.78 is 0. The van der Waals surface area contributed by atoms with Gasteiger partial charge in [-0.1, -0.05) is 30.3 Å². The lowest BCUT2D eigenvalue weighted by Gasteiger charge is -2.19. The molecular formula is C22H23N3O3. The quantitative estimate of drug-likeness (QED) is 0.752. The minimum atomic E-state index is -0.270. The zero-order valence-electron chi connectivity index (χ0n) is 15.7. The summed E-state index contributed by atoms with van der Waals surface area (Å²) in [6, 6.07) is 15.2. The molecule has 144 valence electrons. The average Bonchev–Trinajstić information content (AvgIpc) is 3.23. The Hall–Kier alpha value is -3.15. The van der Waals surface area contributed by atoms with E-state index in [0.29, 0.717) is 30.5 Å². The fourth-order valence-electron chi connectivity index (χ4n) is 3.90. The Morgan fingerprint density at radius 3 is 2.36 bits per heavy atom. The van der Waals surface area contributed by atoms with E-state index < -0.39 is 0 Å². The number of para-hydroxylation sites is 1. The molecule has 6 nitrogen and oxygen atoms in total. The molecule has 3 amide bonds. The monoisotopic (exact) mass is 377 g/mol. The van der Waals surface area contributed by atoms with Gasteiger partial charge in [-0.15, -0.1) is 0 Å². The van der Waals surface area contributed by atoms with Gasteiger partial charge in [-0.25, -0.2) is 0 Å². The predicted octanol–water partition coefficient (Wildman–Crippen LogP) is 2.24. The molecule has 2 aliphatic rings. The number of nitrogens with zero attached hydrogens (tertiary/aromatic N) is 2. The second-order valence-electron chi connectivity index (χ2n) is 7.13. The molecule has 0 fully saturated rings. The topological polar surface area (TPSA) is 69.7 Å². The number of rotatable bonds is 7. The largest absolute Gasteiger partial charge is 0.369 e. The van der Waals surface area contributed by atoms with Crippen molar-refractivity contribution in [2.45, 2.75) is 19.3 Å². The van der Waals surface area contributed by atoms with E-state index in [0.717, 1.165) is 19.5 Å². The number of carbonyl (C=O) groups excluding carboxylic acids is 3. The molecule has 2 aromatic carbocycles. The van der Waals surface area contributed by atoms with E-state index >= 15 is 0 Å². The maximum absolute atomic E-state index is 12.3. The lowest BCUT2D eigenvalue weighted by molar-refractivity contribution is -0.121. The average molecular weight is 377 g/mol. The third-order valence-electron chi connectivity index (χ3n) is 5.35. The van der Waals surface area contributed by atoms with Crippen molar-refractivity contribution >= 4 is 23.4 Å². The summed E-state index contributed by atoms with van der Waals surface area (Å²) in [5, 5.41) is 2.94. The first kappa shape index (κ1) is 18.2. The van der Waals surface area contributed by atoms with Crippen LogP contribution in [0.3, 0.4) is 0 Å². The Bertz CT molecular complexity index is 890. The highest BCUT2D eigenvalue weighted by Gasteiger charge is 2.34. The molecule has 0 saturated heterocycles. The molecule has 0 aromatic heterocycles. The number of benzene rings is 2. The molecule has 2 heterocycles. The first-order chi connectivity index (χ1) is 13.6. The van der Waals surface area contributed by atoms with Crippen molar-refractivity contribution in [3.05, 3.63) is 65.2 Å². The van der Waals surface area contributed by atoms with Crippen LogP contribution in [0.25, 0.3) is 0 Å². The third kappa shape index (κ3) is 3.50. The number of anilines is 1. The fourth-order valence-corrected chi connectivity index (χ4v) is 3.90. The van der Waals surface area contributed by atoms with E-state index in [4.69, 9.17) is 0 Å². The van der Waals surface area contributed by atoms with Gasteiger partial charge in [-0.2, -0.15) is 0 Å². The van der Waals surface area contributed by atoms with E-state index in [-0.39, 0.29) is 24.3 Å². The van der Waals surface area contributed by atoms with Crippen molar-refractivity contribution in [2.75, 3.05) is 31.1 Å². The van der Waals surface area contributed by atoms with E-state index in [2.05, 4.69) is 28.4 Å². The summed E-state index contributed by atoms with van der Waals surface area (Å²) in [4.78, 5) is 40.2. The molecule has 6 heteroatoms. The van der Waals surface area contributed by atoms with Crippen LogP contribution in [0.2, 0.25) is 0 Å². The zero-order valence-corrected chi connectivity index (χ0v) is 15.7. The normalized spacial score (nSPS) is 15.0. The van der Waals surface area contributed by atoms with Crippen LogP contribution in [-0.2, 0) is 11.2 Å². The molecular weight excluding hydrogens is 354 g/mol. The molecule has 0 radical (unpaired) electrons. The maximum atomic E-state index is 12.3. The Morgan fingerprint density at radius 2 is 1.61 bits per heavy atom. The molecule has 2 aliphatic heterocycles. The number of nitrogens with one attached hydrogen (secondary N) is 1. The Morgan fingerprint density at radius 1 is 0.929 bits per heavy atom. The second-order valence-corrected chi connectivity index (χ2v) is 7.13. The highest BCUT2D eigenvalue weighted by atomic mass is 16.2. The van der Waals surface area contributed by atoms with Crippen molar-refractivity contribution in [3.63, 3.8) is 0 Å². The van der Waals surface area contributed by atoms with Crippen molar-refractivity contribution in [2.24, 2.45) is 0 Å². The van der Waals surface area contributed by atoms with E-state index in [9.17, 15) is 14.4 Å². The highest BCUT2D eigenvalue weighted by Crippen LogP contribution is 2.26. The third-order valence-corrected chi connectivity index (χ3v) is 5.35. The molecule has 0 bridgehead atoms. The summed E-state index contributed by atoms with van der Waals surface area (Å²) in [6.07, 6.45) is 1.80. The van der Waals surface area contributed by atoms with Crippen LogP contribution in [0.5, 0.6) is 0 Å². The first-order valence-electron chi connectivity index (χ1n) is 9.70. The molecule has 1 N–H and O–H groups in total. The fraction of sp³-hybridized carbons (Fsp3) is 0.318. The van der Waals surface area contributed by atoms with Crippen LogP contribution in [0.4, 0.5) is 5.69 Å². The number of imide groups is 1. The SMILES string of the molecule is O=C(CCCN1C(=O)c2ccccc2C1=O)NCCN1CCc2ccccc21. The van der Waals surface area contributed by atoms with Gasteiger partial charge >= 0.3 is 0 Å². The van der Waals surface area contributed by atoms with Gasteiger partial charge in [-0.05, 0) is 36.6 Å². The number of hydrogen-bond donors (Lipinski definition) is 1. The zero-order chi connectivity index (χ0) is 19.5. The maximum Gasteiger partial charge on any atom is 0.261 e. The summed E-state index contributed by atoms with van der Waals surface area (Å²) in [5.41, 5.74) is 3.50. The van der Waals surface area contributed by atoms with Gasteiger partial charge < -0.3 is 10.2 Å². The van der Waals surface area contributed by atoms with Crippen LogP contribution in [0, 0.1) is 0 Å². The number of amides is 3. The molecule has 0 unspecified atom stereocenters. The first-order valence-corrected chi connectivity index (χ1v) is 9.70. The van der Waals surface area contributed by atoms with Gasteiger partial charge in [0.15, 0.2) is 0 Å². The lowest BCUT2D eigenvalue weighted by Crippen LogP contribution is -2.35. The van der Waals surface area contributed by atoms with Crippen LogP contribution < -0.4 is 10.2 Å². The number of fused-ring (bicyclic) bond motifs is 2. The standard InChI is InChI=1S/C22H23N3O3/c26-20(23-12-15-24-14-11-16-6-1-4-9-19(16)24)10-5-13-25-21(27)17-7-2-3-8-18(17)22(25)28/h1-4,6-9H,5,10-15H2,(H,23,26). The van der Waals surface area contributed by atoms with Crippen molar-refractivity contribution in [1.82, 2.24) is 10.2 Å². The van der Waals surface area contributed by atoms with E-state index in [1.165, 1.54) is 16.2 Å². The van der Waals surface area contributed by atoms with Gasteiger partial charge in [0.25, 0.3) is 11.8 Å². The molecule has 4 rings (SSSR count).